The second-order valence-corrected chi connectivity index (χ2v) is 5.96. The highest BCUT2D eigenvalue weighted by Crippen LogP contribution is 2.21. The minimum absolute atomic E-state index is 0.0830. The van der Waals surface area contributed by atoms with Gasteiger partial charge in [0.2, 0.25) is 0 Å². The van der Waals surface area contributed by atoms with Crippen molar-refractivity contribution in [1.82, 2.24) is 10.2 Å². The monoisotopic (exact) mass is 290 g/mol. The second-order valence-electron chi connectivity index (χ2n) is 5.96. The van der Waals surface area contributed by atoms with Gasteiger partial charge in [-0.2, -0.15) is 0 Å². The highest BCUT2D eigenvalue weighted by Gasteiger charge is 2.17. The maximum atomic E-state index is 12.0. The fraction of sp³-hybridized carbons (Fsp3) is 0.588. The standard InChI is InChI=1S/C17H26N2O2/c1-13-7-5-9-15(16(13)20)17(21)18-10-6-12-19-11-4-3-8-14(19)2/h5,7,9,14,20H,3-4,6,8,10-12H2,1-2H3,(H,18,21). The molecule has 1 aliphatic rings. The summed E-state index contributed by atoms with van der Waals surface area (Å²) in [5.74, 6) is -0.109. The fourth-order valence-corrected chi connectivity index (χ4v) is 2.91. The number of hydrogen-bond donors (Lipinski definition) is 2. The molecule has 1 heterocycles. The molecule has 1 saturated heterocycles. The van der Waals surface area contributed by atoms with Crippen LogP contribution in [-0.2, 0) is 0 Å². The number of nitrogens with zero attached hydrogens (tertiary/aromatic N) is 1. The van der Waals surface area contributed by atoms with Gasteiger partial charge in [-0.05, 0) is 51.3 Å². The normalized spacial score (nSPS) is 19.4. The van der Waals surface area contributed by atoms with Gasteiger partial charge in [0.05, 0.1) is 5.56 Å². The Kier molecular flexibility index (Phi) is 5.62. The number of rotatable bonds is 5. The van der Waals surface area contributed by atoms with Crippen LogP contribution in [0.25, 0.3) is 0 Å². The Morgan fingerprint density at radius 1 is 1.43 bits per heavy atom. The molecule has 1 aromatic carbocycles. The third-order valence-corrected chi connectivity index (χ3v) is 4.33. The molecule has 0 bridgehead atoms. The molecule has 1 atom stereocenters. The summed E-state index contributed by atoms with van der Waals surface area (Å²) >= 11 is 0. The molecule has 0 spiro atoms. The first-order valence-corrected chi connectivity index (χ1v) is 7.90. The van der Waals surface area contributed by atoms with E-state index in [4.69, 9.17) is 0 Å². The van der Waals surface area contributed by atoms with Gasteiger partial charge in [-0.1, -0.05) is 18.6 Å². The summed E-state index contributed by atoms with van der Waals surface area (Å²) in [4.78, 5) is 14.5. The topological polar surface area (TPSA) is 52.6 Å². The number of likely N-dealkylation sites (tertiary alicyclic amines) is 1. The van der Waals surface area contributed by atoms with Crippen LogP contribution >= 0.6 is 0 Å². The molecule has 0 radical (unpaired) electrons. The number of benzene rings is 1. The van der Waals surface area contributed by atoms with Crippen molar-refractivity contribution >= 4 is 5.91 Å². The van der Waals surface area contributed by atoms with E-state index in [2.05, 4.69) is 17.1 Å². The summed E-state index contributed by atoms with van der Waals surface area (Å²) in [7, 11) is 0. The van der Waals surface area contributed by atoms with Crippen molar-refractivity contribution in [2.75, 3.05) is 19.6 Å². The van der Waals surface area contributed by atoms with Gasteiger partial charge in [0, 0.05) is 19.1 Å². The van der Waals surface area contributed by atoms with Crippen LogP contribution in [0.15, 0.2) is 18.2 Å². The zero-order valence-corrected chi connectivity index (χ0v) is 13.1. The van der Waals surface area contributed by atoms with Gasteiger partial charge in [0.15, 0.2) is 0 Å². The predicted molar refractivity (Wildman–Crippen MR) is 84.7 cm³/mol. The highest BCUT2D eigenvalue weighted by molar-refractivity contribution is 5.97. The summed E-state index contributed by atoms with van der Waals surface area (Å²) in [6.07, 6.45) is 4.85. The number of carbonyl (C=O) groups is 1. The smallest absolute Gasteiger partial charge is 0.255 e. The lowest BCUT2D eigenvalue weighted by atomic mass is 10.0. The van der Waals surface area contributed by atoms with Crippen LogP contribution in [0.5, 0.6) is 5.75 Å². The molecular weight excluding hydrogens is 264 g/mol. The molecule has 4 heteroatoms. The molecular formula is C17H26N2O2. The molecule has 4 nitrogen and oxygen atoms in total. The largest absolute Gasteiger partial charge is 0.507 e. The van der Waals surface area contributed by atoms with E-state index in [0.29, 0.717) is 18.2 Å². The van der Waals surface area contributed by atoms with Gasteiger partial charge in [-0.25, -0.2) is 0 Å². The average molecular weight is 290 g/mol. The summed E-state index contributed by atoms with van der Waals surface area (Å²) in [6, 6.07) is 5.91. The predicted octanol–water partition coefficient (Wildman–Crippen LogP) is 2.69. The van der Waals surface area contributed by atoms with E-state index in [1.54, 1.807) is 25.1 Å². The van der Waals surface area contributed by atoms with Gasteiger partial charge in [0.1, 0.15) is 5.75 Å². The molecule has 2 rings (SSSR count). The summed E-state index contributed by atoms with van der Waals surface area (Å²) < 4.78 is 0. The lowest BCUT2D eigenvalue weighted by Crippen LogP contribution is -2.39. The summed E-state index contributed by atoms with van der Waals surface area (Å²) in [6.45, 7) is 6.93. The van der Waals surface area contributed by atoms with Crippen LogP contribution < -0.4 is 5.32 Å². The Morgan fingerprint density at radius 2 is 2.24 bits per heavy atom. The Bertz CT molecular complexity index is 488. The lowest BCUT2D eigenvalue weighted by Gasteiger charge is -2.33. The number of piperidine rings is 1. The maximum Gasteiger partial charge on any atom is 0.255 e. The Balaban J connectivity index is 1.75. The first-order chi connectivity index (χ1) is 10.1. The van der Waals surface area contributed by atoms with Gasteiger partial charge < -0.3 is 15.3 Å². The van der Waals surface area contributed by atoms with Crippen LogP contribution in [-0.4, -0.2) is 41.6 Å². The van der Waals surface area contributed by atoms with Crippen LogP contribution in [0.1, 0.15) is 48.5 Å². The van der Waals surface area contributed by atoms with Gasteiger partial charge >= 0.3 is 0 Å². The van der Waals surface area contributed by atoms with Gasteiger partial charge in [-0.15, -0.1) is 0 Å². The second kappa shape index (κ2) is 7.46. The van der Waals surface area contributed by atoms with Gasteiger partial charge in [0.25, 0.3) is 5.91 Å². The molecule has 1 aromatic rings. The lowest BCUT2D eigenvalue weighted by molar-refractivity contribution is 0.0946. The van der Waals surface area contributed by atoms with E-state index >= 15 is 0 Å². The molecule has 0 aromatic heterocycles. The number of amides is 1. The first-order valence-electron chi connectivity index (χ1n) is 7.90. The third kappa shape index (κ3) is 4.21. The average Bonchev–Trinajstić information content (AvgIpc) is 2.48. The van der Waals surface area contributed by atoms with Gasteiger partial charge in [-0.3, -0.25) is 4.79 Å². The molecule has 0 saturated carbocycles. The molecule has 21 heavy (non-hydrogen) atoms. The minimum atomic E-state index is -0.192. The molecule has 1 fully saturated rings. The van der Waals surface area contributed by atoms with Crippen molar-refractivity contribution in [3.05, 3.63) is 29.3 Å². The zero-order chi connectivity index (χ0) is 15.2. The Labute approximate surface area is 127 Å². The van der Waals surface area contributed by atoms with Crippen molar-refractivity contribution in [1.29, 1.82) is 0 Å². The first kappa shape index (κ1) is 15.8. The van der Waals surface area contributed by atoms with E-state index in [1.807, 2.05) is 0 Å². The van der Waals surface area contributed by atoms with Crippen molar-refractivity contribution in [3.8, 4) is 5.75 Å². The zero-order valence-electron chi connectivity index (χ0n) is 13.1. The molecule has 2 N–H and O–H groups in total. The third-order valence-electron chi connectivity index (χ3n) is 4.33. The molecule has 1 amide bonds. The SMILES string of the molecule is Cc1cccc(C(=O)NCCCN2CCCCC2C)c1O. The van der Waals surface area contributed by atoms with Crippen LogP contribution in [0.2, 0.25) is 0 Å². The number of para-hydroxylation sites is 1. The van der Waals surface area contributed by atoms with Crippen LogP contribution in [0.3, 0.4) is 0 Å². The number of carbonyl (C=O) groups excluding carboxylic acids is 1. The molecule has 116 valence electrons. The highest BCUT2D eigenvalue weighted by atomic mass is 16.3. The van der Waals surface area contributed by atoms with E-state index in [-0.39, 0.29) is 11.7 Å². The summed E-state index contributed by atoms with van der Waals surface area (Å²) in [5.41, 5.74) is 1.09. The number of phenolic OH excluding ortho intramolecular Hbond substituents is 1. The van der Waals surface area contributed by atoms with Crippen molar-refractivity contribution in [2.24, 2.45) is 0 Å². The van der Waals surface area contributed by atoms with E-state index in [9.17, 15) is 9.90 Å². The maximum absolute atomic E-state index is 12.0. The van der Waals surface area contributed by atoms with Crippen molar-refractivity contribution in [2.45, 2.75) is 45.6 Å². The molecule has 1 unspecified atom stereocenters. The van der Waals surface area contributed by atoms with Crippen LogP contribution in [0.4, 0.5) is 0 Å². The van der Waals surface area contributed by atoms with E-state index in [1.165, 1.54) is 25.8 Å². The number of aromatic hydroxyl groups is 1. The number of phenols is 1. The Morgan fingerprint density at radius 3 is 3.00 bits per heavy atom. The Hall–Kier alpha value is -1.55. The fourth-order valence-electron chi connectivity index (χ4n) is 2.91. The van der Waals surface area contributed by atoms with Crippen molar-refractivity contribution in [3.63, 3.8) is 0 Å². The molecule has 0 aliphatic carbocycles. The van der Waals surface area contributed by atoms with E-state index < -0.39 is 0 Å². The number of nitrogens with one attached hydrogen (secondary N) is 1. The van der Waals surface area contributed by atoms with Crippen molar-refractivity contribution < 1.29 is 9.90 Å². The summed E-state index contributed by atoms with van der Waals surface area (Å²) in [5, 5.41) is 12.8. The van der Waals surface area contributed by atoms with Crippen LogP contribution in [0, 0.1) is 6.92 Å². The minimum Gasteiger partial charge on any atom is -0.507 e. The number of hydrogen-bond acceptors (Lipinski definition) is 3. The van der Waals surface area contributed by atoms with E-state index in [0.717, 1.165) is 18.5 Å². The molecule has 1 aliphatic heterocycles. The number of aryl methyl sites for hydroxylation is 1. The quantitative estimate of drug-likeness (QED) is 0.820.